The van der Waals surface area contributed by atoms with Gasteiger partial charge in [0.15, 0.2) is 0 Å². The summed E-state index contributed by atoms with van der Waals surface area (Å²) in [5, 5.41) is 0. The molecule has 3 aromatic heterocycles. The van der Waals surface area contributed by atoms with E-state index < -0.39 is 0 Å². The zero-order valence-electron chi connectivity index (χ0n) is 15.8. The van der Waals surface area contributed by atoms with Crippen LogP contribution in [0.25, 0.3) is 22.3 Å². The third-order valence-electron chi connectivity index (χ3n) is 5.08. The van der Waals surface area contributed by atoms with E-state index in [-0.39, 0.29) is 5.56 Å². The Morgan fingerprint density at radius 3 is 2.76 bits per heavy atom. The van der Waals surface area contributed by atoms with E-state index in [1.54, 1.807) is 29.5 Å². The summed E-state index contributed by atoms with van der Waals surface area (Å²) >= 11 is 0. The first kappa shape index (κ1) is 17.6. The molecular formula is C21H20N6O2. The van der Waals surface area contributed by atoms with Crippen molar-refractivity contribution < 1.29 is 4.74 Å². The molecule has 0 unspecified atom stereocenters. The summed E-state index contributed by atoms with van der Waals surface area (Å²) in [6.45, 7) is 3.41. The molecule has 0 atom stereocenters. The van der Waals surface area contributed by atoms with Gasteiger partial charge in [-0.1, -0.05) is 30.3 Å². The van der Waals surface area contributed by atoms with Gasteiger partial charge in [-0.3, -0.25) is 14.3 Å². The Kier molecular flexibility index (Phi) is 4.53. The lowest BCUT2D eigenvalue weighted by Gasteiger charge is -2.27. The third-order valence-corrected chi connectivity index (χ3v) is 5.08. The summed E-state index contributed by atoms with van der Waals surface area (Å²) in [5.41, 5.74) is 3.47. The minimum absolute atomic E-state index is 0.109. The van der Waals surface area contributed by atoms with E-state index in [2.05, 4.69) is 19.9 Å². The summed E-state index contributed by atoms with van der Waals surface area (Å²) in [6.07, 6.45) is 6.82. The number of nitrogens with zero attached hydrogens (tertiary/aromatic N) is 5. The lowest BCUT2D eigenvalue weighted by molar-refractivity contribution is 0.122. The Morgan fingerprint density at radius 1 is 1.10 bits per heavy atom. The highest BCUT2D eigenvalue weighted by Gasteiger charge is 2.17. The van der Waals surface area contributed by atoms with Gasteiger partial charge in [-0.2, -0.15) is 0 Å². The molecule has 0 aliphatic carbocycles. The molecule has 1 fully saturated rings. The Bertz CT molecular complexity index is 1190. The van der Waals surface area contributed by atoms with Crippen molar-refractivity contribution in [3.05, 3.63) is 71.2 Å². The molecule has 0 amide bonds. The number of benzene rings is 1. The maximum atomic E-state index is 12.9. The average Bonchev–Trinajstić information content (AvgIpc) is 3.22. The number of morpholine rings is 1. The van der Waals surface area contributed by atoms with Crippen LogP contribution < -0.4 is 10.5 Å². The summed E-state index contributed by atoms with van der Waals surface area (Å²) in [5.74, 6) is 0.803. The van der Waals surface area contributed by atoms with Gasteiger partial charge in [-0.25, -0.2) is 9.97 Å². The van der Waals surface area contributed by atoms with E-state index in [9.17, 15) is 4.79 Å². The smallest absolute Gasteiger partial charge is 0.277 e. The first-order valence-electron chi connectivity index (χ1n) is 9.55. The molecule has 1 N–H and O–H groups in total. The van der Waals surface area contributed by atoms with E-state index in [1.165, 1.54) is 0 Å². The number of fused-ring (bicyclic) bond motifs is 1. The molecular weight excluding hydrogens is 368 g/mol. The Balaban J connectivity index is 1.50. The molecule has 4 aromatic rings. The number of hydrogen-bond donors (Lipinski definition) is 1. The Labute approximate surface area is 166 Å². The molecule has 5 rings (SSSR count). The monoisotopic (exact) mass is 388 g/mol. The van der Waals surface area contributed by atoms with Crippen molar-refractivity contribution in [2.24, 2.45) is 0 Å². The number of anilines is 1. The molecule has 0 spiro atoms. The van der Waals surface area contributed by atoms with Crippen LogP contribution in [-0.4, -0.2) is 50.8 Å². The molecule has 1 saturated heterocycles. The van der Waals surface area contributed by atoms with Crippen molar-refractivity contribution >= 4 is 16.9 Å². The van der Waals surface area contributed by atoms with Crippen LogP contribution >= 0.6 is 0 Å². The SMILES string of the molecule is O=c1c2[nH]cc(-c3cncc(N4CCOCC4)n3)c2ncn1Cc1ccccc1. The van der Waals surface area contributed by atoms with Crippen LogP contribution in [0.15, 0.2) is 60.0 Å². The molecule has 0 radical (unpaired) electrons. The second-order valence-corrected chi connectivity index (χ2v) is 6.95. The second kappa shape index (κ2) is 7.48. The van der Waals surface area contributed by atoms with Gasteiger partial charge in [0, 0.05) is 24.8 Å². The van der Waals surface area contributed by atoms with E-state index in [0.717, 1.165) is 30.0 Å². The van der Waals surface area contributed by atoms with Gasteiger partial charge < -0.3 is 14.6 Å². The molecule has 0 bridgehead atoms. The first-order valence-corrected chi connectivity index (χ1v) is 9.55. The maximum absolute atomic E-state index is 12.9. The predicted octanol–water partition coefficient (Wildman–Crippen LogP) is 2.07. The fourth-order valence-corrected chi connectivity index (χ4v) is 3.55. The van der Waals surface area contributed by atoms with Crippen molar-refractivity contribution in [1.82, 2.24) is 24.5 Å². The quantitative estimate of drug-likeness (QED) is 0.576. The lowest BCUT2D eigenvalue weighted by Crippen LogP contribution is -2.36. The predicted molar refractivity (Wildman–Crippen MR) is 110 cm³/mol. The van der Waals surface area contributed by atoms with Gasteiger partial charge in [-0.05, 0) is 5.56 Å². The second-order valence-electron chi connectivity index (χ2n) is 6.95. The highest BCUT2D eigenvalue weighted by Crippen LogP contribution is 2.25. The molecule has 1 aliphatic heterocycles. The maximum Gasteiger partial charge on any atom is 0.277 e. The average molecular weight is 388 g/mol. The molecule has 146 valence electrons. The van der Waals surface area contributed by atoms with Crippen LogP contribution in [0.3, 0.4) is 0 Å². The van der Waals surface area contributed by atoms with Crippen LogP contribution in [0.4, 0.5) is 5.82 Å². The van der Waals surface area contributed by atoms with Gasteiger partial charge in [0.1, 0.15) is 16.9 Å². The molecule has 1 aliphatic rings. The van der Waals surface area contributed by atoms with Crippen molar-refractivity contribution in [2.75, 3.05) is 31.2 Å². The summed E-state index contributed by atoms with van der Waals surface area (Å²) in [7, 11) is 0. The summed E-state index contributed by atoms with van der Waals surface area (Å²) in [4.78, 5) is 31.8. The standard InChI is InChI=1S/C21H20N6O2/c28-21-20-19(24-14-27(21)13-15-4-2-1-3-5-15)16(10-23-20)17-11-22-12-18(25-17)26-6-8-29-9-7-26/h1-5,10-12,14,23H,6-9,13H2. The highest BCUT2D eigenvalue weighted by atomic mass is 16.5. The number of nitrogens with one attached hydrogen (secondary N) is 1. The number of rotatable bonds is 4. The van der Waals surface area contributed by atoms with Gasteiger partial charge >= 0.3 is 0 Å². The molecule has 4 heterocycles. The zero-order chi connectivity index (χ0) is 19.6. The number of ether oxygens (including phenoxy) is 1. The van der Waals surface area contributed by atoms with Crippen LogP contribution in [0.1, 0.15) is 5.56 Å². The fourth-order valence-electron chi connectivity index (χ4n) is 3.55. The van der Waals surface area contributed by atoms with E-state index in [4.69, 9.17) is 9.72 Å². The van der Waals surface area contributed by atoms with Crippen molar-refractivity contribution in [1.29, 1.82) is 0 Å². The van der Waals surface area contributed by atoms with Crippen molar-refractivity contribution in [3.8, 4) is 11.3 Å². The number of aromatic amines is 1. The van der Waals surface area contributed by atoms with Crippen molar-refractivity contribution in [3.63, 3.8) is 0 Å². The zero-order valence-corrected chi connectivity index (χ0v) is 15.8. The molecule has 29 heavy (non-hydrogen) atoms. The lowest BCUT2D eigenvalue weighted by atomic mass is 10.2. The van der Waals surface area contributed by atoms with Gasteiger partial charge in [-0.15, -0.1) is 0 Å². The first-order chi connectivity index (χ1) is 14.3. The molecule has 8 nitrogen and oxygen atoms in total. The van der Waals surface area contributed by atoms with Crippen molar-refractivity contribution in [2.45, 2.75) is 6.54 Å². The Morgan fingerprint density at radius 2 is 1.93 bits per heavy atom. The normalized spacial score (nSPS) is 14.4. The van der Waals surface area contributed by atoms with E-state index in [1.807, 2.05) is 30.3 Å². The topological polar surface area (TPSA) is 88.9 Å². The van der Waals surface area contributed by atoms with E-state index >= 15 is 0 Å². The minimum atomic E-state index is -0.109. The number of hydrogen-bond acceptors (Lipinski definition) is 6. The summed E-state index contributed by atoms with van der Waals surface area (Å²) < 4.78 is 7.01. The molecule has 0 saturated carbocycles. The summed E-state index contributed by atoms with van der Waals surface area (Å²) in [6, 6.07) is 9.85. The molecule has 1 aromatic carbocycles. The van der Waals surface area contributed by atoms with Crippen LogP contribution in [-0.2, 0) is 11.3 Å². The van der Waals surface area contributed by atoms with Gasteiger partial charge in [0.2, 0.25) is 0 Å². The highest BCUT2D eigenvalue weighted by molar-refractivity contribution is 5.90. The fraction of sp³-hybridized carbons (Fsp3) is 0.238. The van der Waals surface area contributed by atoms with Crippen LogP contribution in [0, 0.1) is 0 Å². The number of aromatic nitrogens is 5. The van der Waals surface area contributed by atoms with Crippen LogP contribution in [0.2, 0.25) is 0 Å². The van der Waals surface area contributed by atoms with Gasteiger partial charge in [0.05, 0.1) is 44.2 Å². The largest absolute Gasteiger partial charge is 0.378 e. The van der Waals surface area contributed by atoms with Crippen LogP contribution in [0.5, 0.6) is 0 Å². The van der Waals surface area contributed by atoms with Gasteiger partial charge in [0.25, 0.3) is 5.56 Å². The third kappa shape index (κ3) is 3.38. The number of H-pyrrole nitrogens is 1. The molecule has 8 heteroatoms. The minimum Gasteiger partial charge on any atom is -0.378 e. The van der Waals surface area contributed by atoms with E-state index in [0.29, 0.717) is 36.5 Å². The Hall–Kier alpha value is -3.52.